The van der Waals surface area contributed by atoms with Crippen LogP contribution in [0.1, 0.15) is 66.2 Å². The highest BCUT2D eigenvalue weighted by Crippen LogP contribution is 2.28. The lowest BCUT2D eigenvalue weighted by Crippen LogP contribution is -2.37. The van der Waals surface area contributed by atoms with Gasteiger partial charge in [0.05, 0.1) is 18.3 Å². The van der Waals surface area contributed by atoms with Gasteiger partial charge in [0, 0.05) is 31.1 Å². The molecule has 28 heavy (non-hydrogen) atoms. The Morgan fingerprint density at radius 1 is 1.21 bits per heavy atom. The van der Waals surface area contributed by atoms with Gasteiger partial charge >= 0.3 is 0 Å². The first-order valence-electron chi connectivity index (χ1n) is 9.79. The molecule has 1 aliphatic rings. The Hall–Kier alpha value is -2.96. The standard InChI is InChI=1S/C21H25N5O2/c1-15(2)19-23-20(28-24-19)17-8-10-25(11-9-17)21(27)18-12-22-26(14-18)13-16-6-4-3-5-7-16/h3-7,12,14-15,17H,8-11,13H2,1-2H3. The smallest absolute Gasteiger partial charge is 0.257 e. The quantitative estimate of drug-likeness (QED) is 0.678. The topological polar surface area (TPSA) is 77.0 Å². The summed E-state index contributed by atoms with van der Waals surface area (Å²) < 4.78 is 7.23. The van der Waals surface area contributed by atoms with E-state index in [1.54, 1.807) is 10.9 Å². The van der Waals surface area contributed by atoms with Crippen LogP contribution in [0.15, 0.2) is 47.2 Å². The zero-order valence-electron chi connectivity index (χ0n) is 16.3. The Morgan fingerprint density at radius 2 is 1.96 bits per heavy atom. The average Bonchev–Trinajstić information content (AvgIpc) is 3.38. The molecule has 4 rings (SSSR count). The largest absolute Gasteiger partial charge is 0.339 e. The number of amides is 1. The molecule has 0 saturated carbocycles. The predicted molar refractivity (Wildman–Crippen MR) is 104 cm³/mol. The normalized spacial score (nSPS) is 15.3. The number of nitrogens with zero attached hydrogens (tertiary/aromatic N) is 5. The molecule has 1 aliphatic heterocycles. The van der Waals surface area contributed by atoms with Crippen molar-refractivity contribution in [2.24, 2.45) is 0 Å². The van der Waals surface area contributed by atoms with Crippen LogP contribution >= 0.6 is 0 Å². The summed E-state index contributed by atoms with van der Waals surface area (Å²) in [5.41, 5.74) is 1.79. The molecule has 7 nitrogen and oxygen atoms in total. The molecule has 1 saturated heterocycles. The van der Waals surface area contributed by atoms with Crippen LogP contribution in [0.5, 0.6) is 0 Å². The minimum Gasteiger partial charge on any atom is -0.339 e. The number of benzene rings is 1. The summed E-state index contributed by atoms with van der Waals surface area (Å²) in [6, 6.07) is 10.1. The lowest BCUT2D eigenvalue weighted by Gasteiger charge is -2.30. The number of likely N-dealkylation sites (tertiary alicyclic amines) is 1. The van der Waals surface area contributed by atoms with Crippen LogP contribution in [0.3, 0.4) is 0 Å². The van der Waals surface area contributed by atoms with Crippen LogP contribution in [0.2, 0.25) is 0 Å². The molecular weight excluding hydrogens is 354 g/mol. The maximum absolute atomic E-state index is 12.8. The molecule has 0 radical (unpaired) electrons. The molecule has 0 bridgehead atoms. The second-order valence-electron chi connectivity index (χ2n) is 7.62. The summed E-state index contributed by atoms with van der Waals surface area (Å²) in [6.07, 6.45) is 5.16. The molecule has 1 amide bonds. The van der Waals surface area contributed by atoms with Gasteiger partial charge in [-0.05, 0) is 18.4 Å². The Bertz CT molecular complexity index is 923. The van der Waals surface area contributed by atoms with E-state index in [-0.39, 0.29) is 17.7 Å². The molecule has 0 N–H and O–H groups in total. The fraction of sp³-hybridized carbons (Fsp3) is 0.429. The molecule has 3 heterocycles. The highest BCUT2D eigenvalue weighted by molar-refractivity contribution is 5.93. The van der Waals surface area contributed by atoms with E-state index >= 15 is 0 Å². The minimum atomic E-state index is 0.0335. The third-order valence-electron chi connectivity index (χ3n) is 5.17. The van der Waals surface area contributed by atoms with E-state index in [2.05, 4.69) is 27.4 Å². The van der Waals surface area contributed by atoms with Crippen molar-refractivity contribution in [2.75, 3.05) is 13.1 Å². The molecule has 1 fully saturated rings. The van der Waals surface area contributed by atoms with Crippen molar-refractivity contribution in [1.29, 1.82) is 0 Å². The summed E-state index contributed by atoms with van der Waals surface area (Å²) in [5, 5.41) is 8.40. The van der Waals surface area contributed by atoms with Gasteiger partial charge < -0.3 is 9.42 Å². The molecule has 1 aromatic carbocycles. The number of rotatable bonds is 5. The molecule has 2 aromatic heterocycles. The van der Waals surface area contributed by atoms with Crippen LogP contribution in [-0.2, 0) is 6.54 Å². The highest BCUT2D eigenvalue weighted by atomic mass is 16.5. The third-order valence-corrected chi connectivity index (χ3v) is 5.17. The summed E-state index contributed by atoms with van der Waals surface area (Å²) in [5.74, 6) is 1.97. The summed E-state index contributed by atoms with van der Waals surface area (Å²) >= 11 is 0. The van der Waals surface area contributed by atoms with Crippen LogP contribution in [0.4, 0.5) is 0 Å². The number of hydrogen-bond donors (Lipinski definition) is 0. The van der Waals surface area contributed by atoms with Crippen molar-refractivity contribution < 1.29 is 9.32 Å². The van der Waals surface area contributed by atoms with Gasteiger partial charge in [-0.3, -0.25) is 9.48 Å². The Kier molecular flexibility index (Phi) is 5.23. The Labute approximate surface area is 164 Å². The van der Waals surface area contributed by atoms with Crippen LogP contribution in [-0.4, -0.2) is 43.8 Å². The molecule has 7 heteroatoms. The van der Waals surface area contributed by atoms with E-state index in [1.165, 1.54) is 0 Å². The van der Waals surface area contributed by atoms with Crippen molar-refractivity contribution in [2.45, 2.75) is 45.1 Å². The lowest BCUT2D eigenvalue weighted by molar-refractivity contribution is 0.0704. The molecule has 0 atom stereocenters. The number of aromatic nitrogens is 4. The molecular formula is C21H25N5O2. The maximum Gasteiger partial charge on any atom is 0.257 e. The fourth-order valence-electron chi connectivity index (χ4n) is 3.49. The van der Waals surface area contributed by atoms with E-state index in [9.17, 15) is 4.79 Å². The first-order valence-corrected chi connectivity index (χ1v) is 9.79. The fourth-order valence-corrected chi connectivity index (χ4v) is 3.49. The third kappa shape index (κ3) is 3.98. The zero-order valence-corrected chi connectivity index (χ0v) is 16.3. The van der Waals surface area contributed by atoms with Gasteiger partial charge in [0.2, 0.25) is 5.89 Å². The summed E-state index contributed by atoms with van der Waals surface area (Å²) in [7, 11) is 0. The molecule has 0 spiro atoms. The monoisotopic (exact) mass is 379 g/mol. The molecule has 0 unspecified atom stereocenters. The first kappa shape index (κ1) is 18.4. The Balaban J connectivity index is 1.35. The van der Waals surface area contributed by atoms with Crippen LogP contribution < -0.4 is 0 Å². The maximum atomic E-state index is 12.8. The van der Waals surface area contributed by atoms with Gasteiger partial charge in [-0.15, -0.1) is 0 Å². The van der Waals surface area contributed by atoms with E-state index in [0.29, 0.717) is 31.1 Å². The van der Waals surface area contributed by atoms with Crippen LogP contribution in [0, 0.1) is 0 Å². The minimum absolute atomic E-state index is 0.0335. The van der Waals surface area contributed by atoms with E-state index in [4.69, 9.17) is 4.52 Å². The van der Waals surface area contributed by atoms with Gasteiger partial charge in [-0.25, -0.2) is 0 Å². The van der Waals surface area contributed by atoms with Crippen molar-refractivity contribution in [3.8, 4) is 0 Å². The van der Waals surface area contributed by atoms with Gasteiger partial charge in [0.15, 0.2) is 5.82 Å². The number of piperidine rings is 1. The van der Waals surface area contributed by atoms with Gasteiger partial charge in [0.1, 0.15) is 0 Å². The zero-order chi connectivity index (χ0) is 19.5. The predicted octanol–water partition coefficient (Wildman–Crippen LogP) is 3.46. The number of carbonyl (C=O) groups excluding carboxylic acids is 1. The summed E-state index contributed by atoms with van der Waals surface area (Å²) in [4.78, 5) is 19.2. The lowest BCUT2D eigenvalue weighted by atomic mass is 9.96. The molecule has 0 aliphatic carbocycles. The van der Waals surface area contributed by atoms with Gasteiger partial charge in [-0.1, -0.05) is 49.3 Å². The average molecular weight is 379 g/mol. The van der Waals surface area contributed by atoms with E-state index in [0.717, 1.165) is 24.2 Å². The van der Waals surface area contributed by atoms with E-state index in [1.807, 2.05) is 43.1 Å². The second-order valence-corrected chi connectivity index (χ2v) is 7.62. The molecule has 146 valence electrons. The van der Waals surface area contributed by atoms with Gasteiger partial charge in [-0.2, -0.15) is 10.1 Å². The summed E-state index contributed by atoms with van der Waals surface area (Å²) in [6.45, 7) is 6.13. The van der Waals surface area contributed by atoms with E-state index < -0.39 is 0 Å². The van der Waals surface area contributed by atoms with Crippen molar-refractivity contribution >= 4 is 5.91 Å². The Morgan fingerprint density at radius 3 is 2.64 bits per heavy atom. The van der Waals surface area contributed by atoms with Crippen molar-refractivity contribution in [3.63, 3.8) is 0 Å². The van der Waals surface area contributed by atoms with Gasteiger partial charge in [0.25, 0.3) is 5.91 Å². The number of carbonyl (C=O) groups is 1. The molecule has 3 aromatic rings. The second kappa shape index (κ2) is 7.96. The SMILES string of the molecule is CC(C)c1noc(C2CCN(C(=O)c3cnn(Cc4ccccc4)c3)CC2)n1. The van der Waals surface area contributed by atoms with Crippen molar-refractivity contribution in [3.05, 3.63) is 65.6 Å². The van der Waals surface area contributed by atoms with Crippen LogP contribution in [0.25, 0.3) is 0 Å². The first-order chi connectivity index (χ1) is 13.6. The van der Waals surface area contributed by atoms with Crippen molar-refractivity contribution in [1.82, 2.24) is 24.8 Å². The number of hydrogen-bond acceptors (Lipinski definition) is 5. The highest BCUT2D eigenvalue weighted by Gasteiger charge is 2.28.